The summed E-state index contributed by atoms with van der Waals surface area (Å²) in [5.41, 5.74) is -1.58. The van der Waals surface area contributed by atoms with Crippen LogP contribution in [0.15, 0.2) is 30.5 Å². The number of para-hydroxylation sites is 1. The number of halogens is 3. The van der Waals surface area contributed by atoms with Crippen LogP contribution in [0.4, 0.5) is 13.2 Å². The molecular weight excluding hydrogens is 295 g/mol. The van der Waals surface area contributed by atoms with E-state index in [1.807, 2.05) is 0 Å². The van der Waals surface area contributed by atoms with E-state index in [9.17, 15) is 18.0 Å². The number of aromatic nitrogens is 1. The van der Waals surface area contributed by atoms with Crippen molar-refractivity contribution in [3.8, 4) is 5.75 Å². The monoisotopic (exact) mass is 311 g/mol. The number of benzene rings is 1. The van der Waals surface area contributed by atoms with Crippen LogP contribution in [0, 0.1) is 5.41 Å². The molecule has 0 saturated heterocycles. The molecule has 0 unspecified atom stereocenters. The van der Waals surface area contributed by atoms with Crippen molar-refractivity contribution in [2.45, 2.75) is 26.9 Å². The van der Waals surface area contributed by atoms with Crippen molar-refractivity contribution in [2.24, 2.45) is 5.41 Å². The van der Waals surface area contributed by atoms with Crippen LogP contribution in [0.5, 0.6) is 5.75 Å². The SMILES string of the molecule is CC(C)(C)C(=O)COc1ccnc2c(C(F)(F)F)cccc12. The van der Waals surface area contributed by atoms with Crippen molar-refractivity contribution in [3.05, 3.63) is 36.0 Å². The fourth-order valence-electron chi connectivity index (χ4n) is 1.87. The van der Waals surface area contributed by atoms with E-state index in [0.29, 0.717) is 0 Å². The average molecular weight is 311 g/mol. The highest BCUT2D eigenvalue weighted by Crippen LogP contribution is 2.36. The predicted octanol–water partition coefficient (Wildman–Crippen LogP) is 4.25. The van der Waals surface area contributed by atoms with Crippen LogP contribution in [0.25, 0.3) is 10.9 Å². The van der Waals surface area contributed by atoms with Crippen molar-refractivity contribution >= 4 is 16.7 Å². The summed E-state index contributed by atoms with van der Waals surface area (Å²) in [4.78, 5) is 15.7. The Balaban J connectivity index is 2.39. The highest BCUT2D eigenvalue weighted by atomic mass is 19.4. The van der Waals surface area contributed by atoms with Crippen LogP contribution in [-0.4, -0.2) is 17.4 Å². The van der Waals surface area contributed by atoms with Crippen molar-refractivity contribution in [1.82, 2.24) is 4.98 Å². The maximum atomic E-state index is 13.0. The molecule has 0 atom stereocenters. The van der Waals surface area contributed by atoms with Crippen LogP contribution < -0.4 is 4.74 Å². The highest BCUT2D eigenvalue weighted by molar-refractivity contribution is 5.89. The summed E-state index contributed by atoms with van der Waals surface area (Å²) < 4.78 is 44.4. The minimum atomic E-state index is -4.49. The zero-order chi connectivity index (χ0) is 16.5. The topological polar surface area (TPSA) is 39.2 Å². The quantitative estimate of drug-likeness (QED) is 0.850. The van der Waals surface area contributed by atoms with Crippen molar-refractivity contribution < 1.29 is 22.7 Å². The number of nitrogens with zero attached hydrogens (tertiary/aromatic N) is 1. The van der Waals surface area contributed by atoms with Gasteiger partial charge in [0, 0.05) is 17.0 Å². The third-order valence-electron chi connectivity index (χ3n) is 3.23. The van der Waals surface area contributed by atoms with E-state index >= 15 is 0 Å². The number of carbonyl (C=O) groups excluding carboxylic acids is 1. The van der Waals surface area contributed by atoms with Gasteiger partial charge in [0.25, 0.3) is 0 Å². The van der Waals surface area contributed by atoms with Gasteiger partial charge in [-0.2, -0.15) is 13.2 Å². The molecule has 1 aromatic carbocycles. The van der Waals surface area contributed by atoms with E-state index in [1.54, 1.807) is 20.8 Å². The first-order chi connectivity index (χ1) is 10.1. The summed E-state index contributed by atoms with van der Waals surface area (Å²) >= 11 is 0. The standard InChI is InChI=1S/C16H16F3NO2/c1-15(2,3)13(21)9-22-12-7-8-20-14-10(12)5-4-6-11(14)16(17,18)19/h4-8H,9H2,1-3H3. The second kappa shape index (κ2) is 5.59. The first kappa shape index (κ1) is 16.3. The lowest BCUT2D eigenvalue weighted by molar-refractivity contribution is -0.136. The van der Waals surface area contributed by atoms with Gasteiger partial charge in [-0.3, -0.25) is 9.78 Å². The van der Waals surface area contributed by atoms with Gasteiger partial charge in [0.15, 0.2) is 5.78 Å². The third-order valence-corrected chi connectivity index (χ3v) is 3.23. The van der Waals surface area contributed by atoms with Crippen molar-refractivity contribution in [1.29, 1.82) is 0 Å². The molecule has 6 heteroatoms. The lowest BCUT2D eigenvalue weighted by Gasteiger charge is -2.17. The molecule has 0 saturated carbocycles. The molecule has 0 amide bonds. The number of pyridine rings is 1. The largest absolute Gasteiger partial charge is 0.485 e. The Morgan fingerprint density at radius 2 is 1.86 bits per heavy atom. The van der Waals surface area contributed by atoms with Gasteiger partial charge in [-0.15, -0.1) is 0 Å². The van der Waals surface area contributed by atoms with E-state index in [-0.39, 0.29) is 29.0 Å². The summed E-state index contributed by atoms with van der Waals surface area (Å²) in [6.45, 7) is 5.07. The summed E-state index contributed by atoms with van der Waals surface area (Å²) in [7, 11) is 0. The molecule has 22 heavy (non-hydrogen) atoms. The Labute approximate surface area is 126 Å². The number of ketones is 1. The lowest BCUT2D eigenvalue weighted by Crippen LogP contribution is -2.26. The minimum absolute atomic E-state index is 0.135. The molecule has 1 heterocycles. The van der Waals surface area contributed by atoms with Crippen LogP contribution >= 0.6 is 0 Å². The molecule has 0 spiro atoms. The molecule has 2 rings (SSSR count). The van der Waals surface area contributed by atoms with Gasteiger partial charge in [0.1, 0.15) is 12.4 Å². The van der Waals surface area contributed by atoms with E-state index in [1.165, 1.54) is 24.4 Å². The van der Waals surface area contributed by atoms with E-state index in [0.717, 1.165) is 6.07 Å². The summed E-state index contributed by atoms with van der Waals surface area (Å²) in [6.07, 6.45) is -3.25. The van der Waals surface area contributed by atoms with Gasteiger partial charge in [0.05, 0.1) is 11.1 Å². The zero-order valence-corrected chi connectivity index (χ0v) is 12.5. The normalized spacial score (nSPS) is 12.5. The van der Waals surface area contributed by atoms with Crippen LogP contribution in [0.1, 0.15) is 26.3 Å². The summed E-state index contributed by atoms with van der Waals surface area (Å²) in [6, 6.07) is 5.22. The molecule has 0 bridgehead atoms. The Morgan fingerprint density at radius 3 is 2.45 bits per heavy atom. The smallest absolute Gasteiger partial charge is 0.418 e. The summed E-state index contributed by atoms with van der Waals surface area (Å²) in [5, 5.41) is 0.235. The molecular formula is C16H16F3NO2. The minimum Gasteiger partial charge on any atom is -0.485 e. The second-order valence-corrected chi connectivity index (χ2v) is 5.97. The number of carbonyl (C=O) groups is 1. The lowest BCUT2D eigenvalue weighted by atomic mass is 9.91. The summed E-state index contributed by atoms with van der Waals surface area (Å²) in [5.74, 6) is 0.0816. The molecule has 3 nitrogen and oxygen atoms in total. The predicted molar refractivity (Wildman–Crippen MR) is 76.7 cm³/mol. The molecule has 118 valence electrons. The number of alkyl halides is 3. The number of hydrogen-bond acceptors (Lipinski definition) is 3. The maximum Gasteiger partial charge on any atom is 0.418 e. The Hall–Kier alpha value is -2.11. The Bertz CT molecular complexity index is 703. The molecule has 1 aromatic heterocycles. The van der Waals surface area contributed by atoms with Gasteiger partial charge in [-0.05, 0) is 18.2 Å². The van der Waals surface area contributed by atoms with Crippen LogP contribution in [-0.2, 0) is 11.0 Å². The molecule has 0 radical (unpaired) electrons. The van der Waals surface area contributed by atoms with Gasteiger partial charge in [0.2, 0.25) is 0 Å². The van der Waals surface area contributed by atoms with Crippen molar-refractivity contribution in [2.75, 3.05) is 6.61 Å². The molecule has 0 N–H and O–H groups in total. The van der Waals surface area contributed by atoms with Gasteiger partial charge >= 0.3 is 6.18 Å². The van der Waals surface area contributed by atoms with Gasteiger partial charge in [-0.1, -0.05) is 26.8 Å². The first-order valence-corrected chi connectivity index (χ1v) is 6.72. The third kappa shape index (κ3) is 3.37. The van der Waals surface area contributed by atoms with Crippen LogP contribution in [0.2, 0.25) is 0 Å². The number of Topliss-reactive ketones (excluding diaryl/α,β-unsaturated/α-hetero) is 1. The molecule has 0 aliphatic heterocycles. The fourth-order valence-corrected chi connectivity index (χ4v) is 1.87. The molecule has 0 fully saturated rings. The van der Waals surface area contributed by atoms with Crippen molar-refractivity contribution in [3.63, 3.8) is 0 Å². The first-order valence-electron chi connectivity index (χ1n) is 6.72. The average Bonchev–Trinajstić information content (AvgIpc) is 2.41. The Kier molecular flexibility index (Phi) is 4.13. The molecule has 0 aliphatic rings. The number of fused-ring (bicyclic) bond motifs is 1. The van der Waals surface area contributed by atoms with Gasteiger partial charge in [-0.25, -0.2) is 0 Å². The van der Waals surface area contributed by atoms with Gasteiger partial charge < -0.3 is 4.74 Å². The highest BCUT2D eigenvalue weighted by Gasteiger charge is 2.33. The fraction of sp³-hybridized carbons (Fsp3) is 0.375. The van der Waals surface area contributed by atoms with E-state index in [2.05, 4.69) is 4.98 Å². The number of rotatable bonds is 3. The second-order valence-electron chi connectivity index (χ2n) is 5.97. The maximum absolute atomic E-state index is 13.0. The Morgan fingerprint density at radius 1 is 1.18 bits per heavy atom. The van der Waals surface area contributed by atoms with E-state index in [4.69, 9.17) is 4.74 Å². The van der Waals surface area contributed by atoms with Crippen LogP contribution in [0.3, 0.4) is 0 Å². The molecule has 2 aromatic rings. The number of ether oxygens (including phenoxy) is 1. The molecule has 0 aliphatic carbocycles. The number of hydrogen-bond donors (Lipinski definition) is 0. The zero-order valence-electron chi connectivity index (χ0n) is 12.5. The van der Waals surface area contributed by atoms with E-state index < -0.39 is 17.2 Å².